The third-order valence-corrected chi connectivity index (χ3v) is 6.48. The van der Waals surface area contributed by atoms with Crippen LogP contribution in [0.2, 0.25) is 0 Å². The number of fused-ring (bicyclic) bond motifs is 4. The van der Waals surface area contributed by atoms with Gasteiger partial charge in [-0.25, -0.2) is 4.98 Å². The fourth-order valence-corrected chi connectivity index (χ4v) is 4.94. The second kappa shape index (κ2) is 8.24. The van der Waals surface area contributed by atoms with Gasteiger partial charge in [0.1, 0.15) is 5.82 Å². The number of aromatic nitrogens is 1. The number of nitrogens with one attached hydrogen (secondary N) is 1. The highest BCUT2D eigenvalue weighted by Gasteiger charge is 2.47. The molecule has 1 N–H and O–H groups in total. The van der Waals surface area contributed by atoms with Crippen molar-refractivity contribution in [1.82, 2.24) is 9.88 Å². The maximum absolute atomic E-state index is 13.8. The molecule has 2 unspecified atom stereocenters. The van der Waals surface area contributed by atoms with Crippen molar-refractivity contribution in [2.24, 2.45) is 0 Å². The summed E-state index contributed by atoms with van der Waals surface area (Å²) in [6, 6.07) is 14.7. The molecule has 3 aromatic rings. The summed E-state index contributed by atoms with van der Waals surface area (Å²) < 4.78 is 11.0. The molecule has 0 aliphatic carbocycles. The van der Waals surface area contributed by atoms with Gasteiger partial charge in [0.2, 0.25) is 5.91 Å². The maximum atomic E-state index is 13.8. The van der Waals surface area contributed by atoms with Crippen molar-refractivity contribution in [3.63, 3.8) is 0 Å². The third-order valence-electron chi connectivity index (χ3n) is 6.48. The number of carbonyl (C=O) groups excluding carboxylic acids is 2. The molecule has 2 atom stereocenters. The molecule has 33 heavy (non-hydrogen) atoms. The molecule has 0 saturated carbocycles. The normalized spacial score (nSPS) is 18.6. The van der Waals surface area contributed by atoms with Crippen LogP contribution in [0.5, 0.6) is 11.5 Å². The molecule has 5 rings (SSSR count). The standard InChI is InChI=1S/C26H25N3O4/c1-15-8-10-27-22(12-15)28-25(30)23-18-13-20(32-2)21(33-3)14-19(18)26(31)29-11-9-16-6-4-5-7-17(16)24(23)29/h4-8,10,12-14,23-24H,9,11H2,1-3H3,(H,27,28,30). The van der Waals surface area contributed by atoms with Crippen molar-refractivity contribution >= 4 is 17.6 Å². The van der Waals surface area contributed by atoms with E-state index in [1.807, 2.05) is 42.2 Å². The van der Waals surface area contributed by atoms with Gasteiger partial charge in [-0.1, -0.05) is 24.3 Å². The van der Waals surface area contributed by atoms with Gasteiger partial charge in [-0.2, -0.15) is 0 Å². The van der Waals surface area contributed by atoms with Gasteiger partial charge in [0.05, 0.1) is 26.2 Å². The molecular formula is C26H25N3O4. The van der Waals surface area contributed by atoms with E-state index in [4.69, 9.17) is 9.47 Å². The fourth-order valence-electron chi connectivity index (χ4n) is 4.94. The number of benzene rings is 2. The van der Waals surface area contributed by atoms with Crippen LogP contribution in [0.15, 0.2) is 54.7 Å². The first kappa shape index (κ1) is 21.0. The summed E-state index contributed by atoms with van der Waals surface area (Å²) >= 11 is 0. The van der Waals surface area contributed by atoms with E-state index < -0.39 is 12.0 Å². The van der Waals surface area contributed by atoms with E-state index in [2.05, 4.69) is 16.4 Å². The van der Waals surface area contributed by atoms with E-state index in [1.165, 1.54) is 7.11 Å². The van der Waals surface area contributed by atoms with E-state index in [0.717, 1.165) is 23.1 Å². The number of aryl methyl sites for hydroxylation is 1. The topological polar surface area (TPSA) is 80.8 Å². The largest absolute Gasteiger partial charge is 0.493 e. The van der Waals surface area contributed by atoms with Crippen molar-refractivity contribution in [2.75, 3.05) is 26.1 Å². The molecule has 7 heteroatoms. The minimum Gasteiger partial charge on any atom is -0.493 e. The van der Waals surface area contributed by atoms with Gasteiger partial charge in [0.15, 0.2) is 11.5 Å². The van der Waals surface area contributed by atoms with Crippen LogP contribution in [0.4, 0.5) is 5.82 Å². The zero-order chi connectivity index (χ0) is 23.1. The van der Waals surface area contributed by atoms with Crippen molar-refractivity contribution in [1.29, 1.82) is 0 Å². The number of amides is 2. The van der Waals surface area contributed by atoms with Gasteiger partial charge in [-0.05, 0) is 59.9 Å². The Morgan fingerprint density at radius 2 is 1.82 bits per heavy atom. The molecule has 0 saturated heterocycles. The number of ether oxygens (including phenoxy) is 2. The van der Waals surface area contributed by atoms with Crippen LogP contribution in [-0.4, -0.2) is 42.5 Å². The molecule has 2 aromatic carbocycles. The summed E-state index contributed by atoms with van der Waals surface area (Å²) in [5.41, 5.74) is 4.23. The number of anilines is 1. The van der Waals surface area contributed by atoms with E-state index in [0.29, 0.717) is 35.0 Å². The molecule has 2 aliphatic rings. The summed E-state index contributed by atoms with van der Waals surface area (Å²) in [6.45, 7) is 2.49. The molecule has 0 bridgehead atoms. The average Bonchev–Trinajstić information content (AvgIpc) is 2.83. The van der Waals surface area contributed by atoms with Crippen LogP contribution in [-0.2, 0) is 11.2 Å². The zero-order valence-electron chi connectivity index (χ0n) is 18.8. The van der Waals surface area contributed by atoms with Gasteiger partial charge >= 0.3 is 0 Å². The van der Waals surface area contributed by atoms with Gasteiger partial charge in [-0.3, -0.25) is 9.59 Å². The van der Waals surface area contributed by atoms with E-state index in [-0.39, 0.29) is 11.8 Å². The van der Waals surface area contributed by atoms with E-state index in [1.54, 1.807) is 25.4 Å². The Labute approximate surface area is 192 Å². The number of hydrogen-bond acceptors (Lipinski definition) is 5. The predicted octanol–water partition coefficient (Wildman–Crippen LogP) is 3.88. The van der Waals surface area contributed by atoms with Gasteiger partial charge in [0, 0.05) is 18.3 Å². The van der Waals surface area contributed by atoms with Gasteiger partial charge < -0.3 is 19.7 Å². The summed E-state index contributed by atoms with van der Waals surface area (Å²) in [5, 5.41) is 2.98. The Kier molecular flexibility index (Phi) is 5.24. The minimum absolute atomic E-state index is 0.108. The summed E-state index contributed by atoms with van der Waals surface area (Å²) in [5.74, 6) is 0.452. The van der Waals surface area contributed by atoms with Crippen LogP contribution in [0.3, 0.4) is 0 Å². The number of hydrogen-bond donors (Lipinski definition) is 1. The van der Waals surface area contributed by atoms with Crippen molar-refractivity contribution in [2.45, 2.75) is 25.3 Å². The second-order valence-electron chi connectivity index (χ2n) is 8.37. The summed E-state index contributed by atoms with van der Waals surface area (Å²) in [7, 11) is 3.08. The number of rotatable bonds is 4. The third kappa shape index (κ3) is 3.50. The van der Waals surface area contributed by atoms with Gasteiger partial charge in [0.25, 0.3) is 5.91 Å². The number of methoxy groups -OCH3 is 2. The fraction of sp³-hybridized carbons (Fsp3) is 0.269. The highest BCUT2D eigenvalue weighted by molar-refractivity contribution is 6.05. The van der Waals surface area contributed by atoms with Crippen LogP contribution >= 0.6 is 0 Å². The SMILES string of the molecule is COc1cc2c(cc1OC)C(C(=O)Nc1cc(C)ccn1)C1c3ccccc3CCN1C2=O. The number of nitrogens with zero attached hydrogens (tertiary/aromatic N) is 2. The smallest absolute Gasteiger partial charge is 0.254 e. The molecule has 0 fully saturated rings. The Hall–Kier alpha value is -3.87. The lowest BCUT2D eigenvalue weighted by atomic mass is 9.75. The van der Waals surface area contributed by atoms with Crippen molar-refractivity contribution in [3.8, 4) is 11.5 Å². The molecule has 7 nitrogen and oxygen atoms in total. The van der Waals surface area contributed by atoms with Crippen LogP contribution in [0.1, 0.15) is 44.6 Å². The van der Waals surface area contributed by atoms with Crippen LogP contribution < -0.4 is 14.8 Å². The van der Waals surface area contributed by atoms with Crippen molar-refractivity contribution in [3.05, 3.63) is 82.5 Å². The van der Waals surface area contributed by atoms with Gasteiger partial charge in [-0.15, -0.1) is 0 Å². The highest BCUT2D eigenvalue weighted by Crippen LogP contribution is 2.48. The quantitative estimate of drug-likeness (QED) is 0.662. The molecule has 2 aliphatic heterocycles. The first-order valence-corrected chi connectivity index (χ1v) is 10.9. The minimum atomic E-state index is -0.638. The molecule has 2 amide bonds. The van der Waals surface area contributed by atoms with Crippen LogP contribution in [0, 0.1) is 6.92 Å². The van der Waals surface area contributed by atoms with E-state index in [9.17, 15) is 9.59 Å². The number of carbonyl (C=O) groups is 2. The Balaban J connectivity index is 1.68. The van der Waals surface area contributed by atoms with Crippen LogP contribution in [0.25, 0.3) is 0 Å². The van der Waals surface area contributed by atoms with Crippen molar-refractivity contribution < 1.29 is 19.1 Å². The monoisotopic (exact) mass is 443 g/mol. The molecule has 0 radical (unpaired) electrons. The molecule has 1 aromatic heterocycles. The molecular weight excluding hydrogens is 418 g/mol. The lowest BCUT2D eigenvalue weighted by Crippen LogP contribution is -2.49. The Morgan fingerprint density at radius 3 is 2.58 bits per heavy atom. The summed E-state index contributed by atoms with van der Waals surface area (Å²) in [6.07, 6.45) is 2.41. The lowest BCUT2D eigenvalue weighted by molar-refractivity contribution is -0.119. The molecule has 3 heterocycles. The molecule has 0 spiro atoms. The predicted molar refractivity (Wildman–Crippen MR) is 124 cm³/mol. The first-order chi connectivity index (χ1) is 16.0. The first-order valence-electron chi connectivity index (χ1n) is 10.9. The Morgan fingerprint density at radius 1 is 1.06 bits per heavy atom. The number of pyridine rings is 1. The maximum Gasteiger partial charge on any atom is 0.254 e. The zero-order valence-corrected chi connectivity index (χ0v) is 18.8. The average molecular weight is 444 g/mol. The van der Waals surface area contributed by atoms with E-state index >= 15 is 0 Å². The highest BCUT2D eigenvalue weighted by atomic mass is 16.5. The summed E-state index contributed by atoms with van der Waals surface area (Å²) in [4.78, 5) is 33.5. The molecule has 168 valence electrons. The second-order valence-corrected chi connectivity index (χ2v) is 8.37. The Bertz CT molecular complexity index is 1260. The lowest BCUT2D eigenvalue weighted by Gasteiger charge is -2.45.